The number of carbonyl (C=O) groups is 2. The van der Waals surface area contributed by atoms with E-state index in [1.165, 1.54) is 0 Å². The number of fused-ring (bicyclic) bond motifs is 1. The van der Waals surface area contributed by atoms with Gasteiger partial charge in [0.2, 0.25) is 0 Å². The number of benzene rings is 5. The second kappa shape index (κ2) is 12.4. The van der Waals surface area contributed by atoms with Gasteiger partial charge in [0.15, 0.2) is 4.34 Å². The van der Waals surface area contributed by atoms with Crippen LogP contribution in [0.25, 0.3) is 10.2 Å². The minimum atomic E-state index is -0.212. The minimum absolute atomic E-state index is 0.165. The van der Waals surface area contributed by atoms with E-state index in [4.69, 9.17) is 16.5 Å². The van der Waals surface area contributed by atoms with Crippen molar-refractivity contribution in [3.8, 4) is 0 Å². The van der Waals surface area contributed by atoms with Gasteiger partial charge in [0.25, 0.3) is 11.8 Å². The maximum Gasteiger partial charge on any atom is 0.262 e. The summed E-state index contributed by atoms with van der Waals surface area (Å²) < 4.78 is 1.88. The van der Waals surface area contributed by atoms with Crippen molar-refractivity contribution in [3.63, 3.8) is 0 Å². The van der Waals surface area contributed by atoms with Crippen molar-refractivity contribution in [2.45, 2.75) is 10.1 Å². The van der Waals surface area contributed by atoms with Crippen LogP contribution in [0.15, 0.2) is 126 Å². The first-order valence-electron chi connectivity index (χ1n) is 13.5. The van der Waals surface area contributed by atoms with Gasteiger partial charge in [-0.25, -0.2) is 4.98 Å². The Kier molecular flexibility index (Phi) is 8.08. The molecule has 0 saturated carbocycles. The van der Waals surface area contributed by atoms with E-state index < -0.39 is 0 Å². The second-order valence-electron chi connectivity index (χ2n) is 9.72. The van der Waals surface area contributed by atoms with E-state index in [1.54, 1.807) is 58.3 Å². The number of nitrogens with one attached hydrogen (secondary N) is 1. The van der Waals surface area contributed by atoms with Gasteiger partial charge in [0.05, 0.1) is 38.7 Å². The molecule has 0 aliphatic rings. The van der Waals surface area contributed by atoms with E-state index >= 15 is 0 Å². The summed E-state index contributed by atoms with van der Waals surface area (Å²) in [5.41, 5.74) is 18.3. The molecule has 0 radical (unpaired) electrons. The molecule has 5 aromatic carbocycles. The molecule has 0 aliphatic heterocycles. The zero-order valence-corrected chi connectivity index (χ0v) is 24.6. The van der Waals surface area contributed by atoms with Crippen LogP contribution in [0, 0.1) is 0 Å². The van der Waals surface area contributed by atoms with E-state index in [0.717, 1.165) is 20.1 Å². The highest BCUT2D eigenvalue weighted by Gasteiger charge is 2.22. The van der Waals surface area contributed by atoms with Crippen LogP contribution in [-0.2, 0) is 5.75 Å². The molecule has 0 saturated heterocycles. The third kappa shape index (κ3) is 6.23. The van der Waals surface area contributed by atoms with E-state index in [1.807, 2.05) is 91.0 Å². The molecule has 1 heterocycles. The van der Waals surface area contributed by atoms with Gasteiger partial charge in [-0.1, -0.05) is 66.4 Å². The van der Waals surface area contributed by atoms with E-state index in [9.17, 15) is 9.59 Å². The molecule has 2 amide bonds. The maximum atomic E-state index is 13.7. The quantitative estimate of drug-likeness (QED) is 0.120. The van der Waals surface area contributed by atoms with E-state index in [-0.39, 0.29) is 11.8 Å². The van der Waals surface area contributed by atoms with Crippen molar-refractivity contribution in [3.05, 3.63) is 138 Å². The number of amides is 2. The molecule has 0 bridgehead atoms. The number of thiazole rings is 1. The van der Waals surface area contributed by atoms with Crippen LogP contribution in [0.4, 0.5) is 28.4 Å². The number of hydrogen-bond acceptors (Lipinski definition) is 7. The predicted molar refractivity (Wildman–Crippen MR) is 178 cm³/mol. The van der Waals surface area contributed by atoms with Crippen molar-refractivity contribution in [1.82, 2.24) is 4.98 Å². The Balaban J connectivity index is 1.19. The lowest BCUT2D eigenvalue weighted by Gasteiger charge is -2.24. The number of nitrogens with zero attached hydrogens (tertiary/aromatic N) is 2. The summed E-state index contributed by atoms with van der Waals surface area (Å²) in [6.07, 6.45) is 0. The van der Waals surface area contributed by atoms with Gasteiger partial charge in [-0.05, 0) is 72.3 Å². The third-order valence-electron chi connectivity index (χ3n) is 6.80. The van der Waals surface area contributed by atoms with Crippen molar-refractivity contribution in [1.29, 1.82) is 0 Å². The number of hydrogen-bond donors (Lipinski definition) is 3. The van der Waals surface area contributed by atoms with Crippen molar-refractivity contribution in [2.24, 2.45) is 0 Å². The summed E-state index contributed by atoms with van der Waals surface area (Å²) in [5, 5.41) is 2.85. The second-order valence-corrected chi connectivity index (χ2v) is 12.0. The van der Waals surface area contributed by atoms with Gasteiger partial charge >= 0.3 is 0 Å². The van der Waals surface area contributed by atoms with Gasteiger partial charge < -0.3 is 16.8 Å². The summed E-state index contributed by atoms with van der Waals surface area (Å²) in [6, 6.07) is 37.0. The van der Waals surface area contributed by atoms with Gasteiger partial charge in [0, 0.05) is 16.9 Å². The molecule has 212 valence electrons. The van der Waals surface area contributed by atoms with Crippen LogP contribution in [0.2, 0.25) is 0 Å². The number of aromatic nitrogens is 1. The normalized spacial score (nSPS) is 10.9. The van der Waals surface area contributed by atoms with Crippen LogP contribution >= 0.6 is 23.1 Å². The average Bonchev–Trinajstić information content (AvgIpc) is 3.45. The van der Waals surface area contributed by atoms with Gasteiger partial charge in [0.1, 0.15) is 0 Å². The fourth-order valence-electron chi connectivity index (χ4n) is 4.56. The van der Waals surface area contributed by atoms with Crippen LogP contribution in [-0.4, -0.2) is 16.8 Å². The molecular formula is C34H27N5O2S2. The van der Waals surface area contributed by atoms with Gasteiger partial charge in [-0.3, -0.25) is 14.5 Å². The minimum Gasteiger partial charge on any atom is -0.397 e. The lowest BCUT2D eigenvalue weighted by atomic mass is 10.1. The van der Waals surface area contributed by atoms with Gasteiger partial charge in [-0.2, -0.15) is 0 Å². The van der Waals surface area contributed by atoms with Crippen LogP contribution < -0.4 is 21.7 Å². The van der Waals surface area contributed by atoms with E-state index in [0.29, 0.717) is 45.3 Å². The highest BCUT2D eigenvalue weighted by atomic mass is 32.2. The summed E-state index contributed by atoms with van der Waals surface area (Å²) in [4.78, 5) is 32.8. The number of rotatable bonds is 8. The summed E-state index contributed by atoms with van der Waals surface area (Å²) in [6.45, 7) is 0. The first kappa shape index (κ1) is 28.0. The summed E-state index contributed by atoms with van der Waals surface area (Å²) in [7, 11) is 0. The average molecular weight is 602 g/mol. The molecule has 6 rings (SSSR count). The molecular weight excluding hydrogens is 575 g/mol. The van der Waals surface area contributed by atoms with Crippen molar-refractivity contribution < 1.29 is 9.59 Å². The number of anilines is 5. The Morgan fingerprint density at radius 3 is 2.21 bits per heavy atom. The number of nitrogens with two attached hydrogens (primary N) is 2. The molecule has 6 aromatic rings. The smallest absolute Gasteiger partial charge is 0.262 e. The number of thioether (sulfide) groups is 1. The zero-order chi connectivity index (χ0) is 29.8. The fourth-order valence-corrected chi connectivity index (χ4v) is 6.62. The lowest BCUT2D eigenvalue weighted by Crippen LogP contribution is -2.26. The third-order valence-corrected chi connectivity index (χ3v) is 9.03. The van der Waals surface area contributed by atoms with Crippen molar-refractivity contribution >= 4 is 73.6 Å². The topological polar surface area (TPSA) is 114 Å². The lowest BCUT2D eigenvalue weighted by molar-refractivity contribution is 0.0997. The molecule has 5 N–H and O–H groups in total. The Labute approximate surface area is 257 Å². The largest absolute Gasteiger partial charge is 0.397 e. The van der Waals surface area contributed by atoms with Crippen LogP contribution in [0.3, 0.4) is 0 Å². The molecule has 0 spiro atoms. The number of para-hydroxylation sites is 4. The summed E-state index contributed by atoms with van der Waals surface area (Å²) in [5.74, 6) is 0.316. The number of carbonyl (C=O) groups excluding carboxylic acids is 2. The first-order valence-corrected chi connectivity index (χ1v) is 15.3. The van der Waals surface area contributed by atoms with Gasteiger partial charge in [-0.15, -0.1) is 11.3 Å². The maximum absolute atomic E-state index is 13.7. The molecule has 7 nitrogen and oxygen atoms in total. The standard InChI is InChI=1S/C34H27N5O2S2/c35-26-10-4-6-12-28(26)37-32(40)23-16-14-22(15-17-23)21-42-34-38-29-19-18-25(20-31(29)43-34)39(30-13-7-5-11-27(30)36)33(41)24-8-2-1-3-9-24/h1-20H,21,35-36H2,(H,37,40). The van der Waals surface area contributed by atoms with Crippen molar-refractivity contribution in [2.75, 3.05) is 21.7 Å². The molecule has 0 unspecified atom stereocenters. The zero-order valence-electron chi connectivity index (χ0n) is 22.9. The van der Waals surface area contributed by atoms with Crippen LogP contribution in [0.5, 0.6) is 0 Å². The predicted octanol–water partition coefficient (Wildman–Crippen LogP) is 7.98. The van der Waals surface area contributed by atoms with E-state index in [2.05, 4.69) is 5.32 Å². The van der Waals surface area contributed by atoms with Crippen LogP contribution in [0.1, 0.15) is 26.3 Å². The highest BCUT2D eigenvalue weighted by molar-refractivity contribution is 8.00. The molecule has 43 heavy (non-hydrogen) atoms. The molecule has 0 aliphatic carbocycles. The molecule has 0 fully saturated rings. The fraction of sp³-hybridized carbons (Fsp3) is 0.0294. The first-order chi connectivity index (χ1) is 21.0. The SMILES string of the molecule is Nc1ccccc1NC(=O)c1ccc(CSc2nc3ccc(N(C(=O)c4ccccc4)c4ccccc4N)cc3s2)cc1. The monoisotopic (exact) mass is 601 g/mol. The molecule has 9 heteroatoms. The molecule has 1 aromatic heterocycles. The summed E-state index contributed by atoms with van der Waals surface area (Å²) >= 11 is 3.20. The Hall–Kier alpha value is -5.12. The Morgan fingerprint density at radius 2 is 1.47 bits per heavy atom. The Bertz CT molecular complexity index is 1920. The number of nitrogen functional groups attached to an aromatic ring is 2. The Morgan fingerprint density at radius 1 is 0.767 bits per heavy atom. The highest BCUT2D eigenvalue weighted by Crippen LogP contribution is 2.37. The molecule has 0 atom stereocenters.